The lowest BCUT2D eigenvalue weighted by Gasteiger charge is -2.23. The highest BCUT2D eigenvalue weighted by atomic mass is 16.7. The molecule has 29 heavy (non-hydrogen) atoms. The molecule has 0 spiro atoms. The first-order chi connectivity index (χ1) is 13.3. The zero-order chi connectivity index (χ0) is 21.5. The average Bonchev–Trinajstić information content (AvgIpc) is 2.61. The minimum Gasteiger partial charge on any atom is -0.450 e. The van der Waals surface area contributed by atoms with Crippen LogP contribution in [0.15, 0.2) is 0 Å². The summed E-state index contributed by atoms with van der Waals surface area (Å²) in [5.41, 5.74) is 0. The summed E-state index contributed by atoms with van der Waals surface area (Å²) in [6.45, 7) is 5.48. The zero-order valence-corrected chi connectivity index (χ0v) is 20.6. The van der Waals surface area contributed by atoms with Gasteiger partial charge in [-0.05, 0) is 19.8 Å². The van der Waals surface area contributed by atoms with Crippen molar-refractivity contribution in [3.63, 3.8) is 0 Å². The van der Waals surface area contributed by atoms with Gasteiger partial charge in [0.2, 0.25) is 0 Å². The van der Waals surface area contributed by atoms with E-state index < -0.39 is 6.16 Å². The van der Waals surface area contributed by atoms with E-state index in [0.717, 1.165) is 4.48 Å². The van der Waals surface area contributed by atoms with Crippen LogP contribution in [0.3, 0.4) is 0 Å². The first-order valence-corrected chi connectivity index (χ1v) is 12.0. The van der Waals surface area contributed by atoms with Crippen molar-refractivity contribution in [3.05, 3.63) is 0 Å². The number of rotatable bonds is 18. The Morgan fingerprint density at radius 3 is 1.17 bits per heavy atom. The topological polar surface area (TPSA) is 81.5 Å². The second-order valence-corrected chi connectivity index (χ2v) is 9.02. The van der Waals surface area contributed by atoms with Gasteiger partial charge in [-0.25, -0.2) is 4.79 Å². The fraction of sp³-hybridized carbons (Fsp3) is 0.958. The minimum absolute atomic E-state index is 0. The number of carbonyl (C=O) groups is 1. The number of quaternary nitrogens is 1. The van der Waals surface area contributed by atoms with Crippen LogP contribution in [0.2, 0.25) is 0 Å². The van der Waals surface area contributed by atoms with Crippen molar-refractivity contribution in [1.82, 2.24) is 6.15 Å². The largest absolute Gasteiger partial charge is 0.505 e. The molecule has 0 amide bonds. The maximum Gasteiger partial charge on any atom is 0.505 e. The number of hydrogen-bond acceptors (Lipinski definition) is 3. The summed E-state index contributed by atoms with van der Waals surface area (Å²) in [5, 5.41) is 7.69. The predicted molar refractivity (Wildman–Crippen MR) is 127 cm³/mol. The van der Waals surface area contributed by atoms with Crippen LogP contribution in [0.1, 0.15) is 117 Å². The summed E-state index contributed by atoms with van der Waals surface area (Å²) in [7, 11) is 6.89. The summed E-state index contributed by atoms with van der Waals surface area (Å²) in [4.78, 5) is 9.38. The average molecular weight is 420 g/mol. The van der Waals surface area contributed by atoms with E-state index in [1.54, 1.807) is 6.92 Å². The number of unbranched alkanes of at least 4 members (excludes halogenated alkanes) is 15. The molecule has 178 valence electrons. The van der Waals surface area contributed by atoms with E-state index in [4.69, 9.17) is 5.11 Å². The minimum atomic E-state index is -1.21. The molecule has 4 N–H and O–H groups in total. The molecule has 0 heterocycles. The highest BCUT2D eigenvalue weighted by molar-refractivity contribution is 5.56. The van der Waals surface area contributed by atoms with Crippen molar-refractivity contribution in [1.29, 1.82) is 0 Å². The standard InChI is InChI=1S/C21H46N.C3H6O3.H3N/c1-5-6-7-8-9-10-11-12-13-14-15-16-17-18-19-20-21-22(2,3)4;1-2-6-3(4)5;/h5-21H2,1-4H3;2H2,1H3,(H,4,5);1H3/q+1;;. The molecular weight excluding hydrogens is 364 g/mol. The molecule has 0 aromatic carbocycles. The molecule has 0 bridgehead atoms. The van der Waals surface area contributed by atoms with Crippen molar-refractivity contribution in [2.24, 2.45) is 0 Å². The Labute approximate surface area is 182 Å². The van der Waals surface area contributed by atoms with Gasteiger partial charge >= 0.3 is 6.16 Å². The molecule has 0 unspecified atom stereocenters. The molecule has 0 aromatic heterocycles. The van der Waals surface area contributed by atoms with Crippen molar-refractivity contribution >= 4 is 6.16 Å². The lowest BCUT2D eigenvalue weighted by molar-refractivity contribution is -0.870. The van der Waals surface area contributed by atoms with Gasteiger partial charge in [0.1, 0.15) is 0 Å². The predicted octanol–water partition coefficient (Wildman–Crippen LogP) is 7.82. The van der Waals surface area contributed by atoms with Crippen molar-refractivity contribution < 1.29 is 19.1 Å². The molecule has 0 aliphatic rings. The Bertz CT molecular complexity index is 318. The molecule has 0 saturated heterocycles. The van der Waals surface area contributed by atoms with Crippen molar-refractivity contribution in [2.75, 3.05) is 34.3 Å². The molecular formula is C24H55N2O3+. The van der Waals surface area contributed by atoms with Crippen molar-refractivity contribution in [3.8, 4) is 0 Å². The molecule has 0 saturated carbocycles. The van der Waals surface area contributed by atoms with Crippen LogP contribution in [-0.4, -0.2) is 50.0 Å². The normalized spacial score (nSPS) is 10.7. The third kappa shape index (κ3) is 38.4. The molecule has 0 atom stereocenters. The van der Waals surface area contributed by atoms with Crippen LogP contribution in [0, 0.1) is 0 Å². The first-order valence-electron chi connectivity index (χ1n) is 12.0. The number of hydrogen-bond donors (Lipinski definition) is 2. The number of carboxylic acid groups (broad SMARTS) is 1. The van der Waals surface area contributed by atoms with Crippen LogP contribution in [0.25, 0.3) is 0 Å². The van der Waals surface area contributed by atoms with Gasteiger partial charge in [0.25, 0.3) is 0 Å². The van der Waals surface area contributed by atoms with Gasteiger partial charge < -0.3 is 20.5 Å². The van der Waals surface area contributed by atoms with Crippen LogP contribution in [0.5, 0.6) is 0 Å². The van der Waals surface area contributed by atoms with Gasteiger partial charge in [-0.3, -0.25) is 0 Å². The van der Waals surface area contributed by atoms with E-state index >= 15 is 0 Å². The molecule has 0 aliphatic carbocycles. The Morgan fingerprint density at radius 2 is 0.966 bits per heavy atom. The van der Waals surface area contributed by atoms with E-state index in [-0.39, 0.29) is 12.8 Å². The Balaban J connectivity index is -0.000000837. The fourth-order valence-corrected chi connectivity index (χ4v) is 3.26. The van der Waals surface area contributed by atoms with Gasteiger partial charge in [-0.1, -0.05) is 96.8 Å². The van der Waals surface area contributed by atoms with Crippen molar-refractivity contribution in [2.45, 2.75) is 117 Å². The van der Waals surface area contributed by atoms with E-state index in [1.807, 2.05) is 0 Å². The molecule has 5 nitrogen and oxygen atoms in total. The lowest BCUT2D eigenvalue weighted by atomic mass is 10.0. The monoisotopic (exact) mass is 419 g/mol. The van der Waals surface area contributed by atoms with Crippen LogP contribution in [0.4, 0.5) is 4.79 Å². The highest BCUT2D eigenvalue weighted by Crippen LogP contribution is 2.13. The molecule has 0 fully saturated rings. The van der Waals surface area contributed by atoms with E-state index in [1.165, 1.54) is 109 Å². The summed E-state index contributed by atoms with van der Waals surface area (Å²) in [5.74, 6) is 0. The summed E-state index contributed by atoms with van der Waals surface area (Å²) >= 11 is 0. The smallest absolute Gasteiger partial charge is 0.450 e. The van der Waals surface area contributed by atoms with Gasteiger partial charge in [0.05, 0.1) is 34.3 Å². The SMILES string of the molecule is CCCCCCCCCCCCCCCCCC[N+](C)(C)C.CCOC(=O)O.N. The van der Waals surface area contributed by atoms with Gasteiger partial charge in [-0.15, -0.1) is 0 Å². The third-order valence-corrected chi connectivity index (χ3v) is 4.95. The van der Waals surface area contributed by atoms with E-state index in [2.05, 4.69) is 32.8 Å². The number of nitrogens with zero attached hydrogens (tertiary/aromatic N) is 1. The summed E-state index contributed by atoms with van der Waals surface area (Å²) < 4.78 is 5.08. The van der Waals surface area contributed by atoms with Crippen LogP contribution < -0.4 is 6.15 Å². The van der Waals surface area contributed by atoms with Crippen LogP contribution in [-0.2, 0) is 4.74 Å². The van der Waals surface area contributed by atoms with E-state index in [0.29, 0.717) is 0 Å². The number of ether oxygens (including phenoxy) is 1. The van der Waals surface area contributed by atoms with E-state index in [9.17, 15) is 4.79 Å². The Kier molecular flexibility index (Phi) is 28.6. The lowest BCUT2D eigenvalue weighted by Crippen LogP contribution is -2.35. The van der Waals surface area contributed by atoms with Crippen LogP contribution >= 0.6 is 0 Å². The second-order valence-electron chi connectivity index (χ2n) is 9.02. The quantitative estimate of drug-likeness (QED) is 0.135. The third-order valence-electron chi connectivity index (χ3n) is 4.95. The Hall–Kier alpha value is -0.810. The van der Waals surface area contributed by atoms with Gasteiger partial charge in [-0.2, -0.15) is 0 Å². The molecule has 0 aromatic rings. The molecule has 5 heteroatoms. The molecule has 0 aliphatic heterocycles. The Morgan fingerprint density at radius 1 is 0.655 bits per heavy atom. The maximum absolute atomic E-state index is 9.38. The summed E-state index contributed by atoms with van der Waals surface area (Å²) in [6, 6.07) is 0. The fourth-order valence-electron chi connectivity index (χ4n) is 3.26. The molecule has 0 radical (unpaired) electrons. The zero-order valence-electron chi connectivity index (χ0n) is 20.6. The highest BCUT2D eigenvalue weighted by Gasteiger charge is 2.04. The van der Waals surface area contributed by atoms with Gasteiger partial charge in [0.15, 0.2) is 0 Å². The summed E-state index contributed by atoms with van der Waals surface area (Å²) in [6.07, 6.45) is 22.1. The van der Waals surface area contributed by atoms with Gasteiger partial charge in [0, 0.05) is 0 Å². The molecule has 0 rings (SSSR count). The maximum atomic E-state index is 9.38. The first kappa shape index (κ1) is 32.8. The second kappa shape index (κ2) is 25.2.